The lowest BCUT2D eigenvalue weighted by atomic mass is 10.1. The zero-order chi connectivity index (χ0) is 13.8. The molecule has 1 N–H and O–H groups in total. The van der Waals surface area contributed by atoms with Gasteiger partial charge in [0.1, 0.15) is 0 Å². The molecular formula is C15H14ClNO2. The van der Waals surface area contributed by atoms with Gasteiger partial charge in [0.25, 0.3) is 0 Å². The van der Waals surface area contributed by atoms with Gasteiger partial charge in [0.05, 0.1) is 11.3 Å². The standard InChI is InChI=1S/C15H14ClNO2/c1-10-14(15(18)19)9-8-13(17-10)7-4-11-2-5-12(16)6-3-11/h2-3,5-6,8-9H,4,7H2,1H3,(H,18,19). The Morgan fingerprint density at radius 2 is 1.84 bits per heavy atom. The van der Waals surface area contributed by atoms with Crippen LogP contribution in [0.25, 0.3) is 0 Å². The van der Waals surface area contributed by atoms with E-state index in [0.29, 0.717) is 5.69 Å². The van der Waals surface area contributed by atoms with E-state index in [1.165, 1.54) is 5.56 Å². The molecule has 0 saturated heterocycles. The molecule has 0 bridgehead atoms. The highest BCUT2D eigenvalue weighted by Gasteiger charge is 2.08. The number of carboxylic acid groups (broad SMARTS) is 1. The molecule has 0 atom stereocenters. The largest absolute Gasteiger partial charge is 0.478 e. The molecule has 98 valence electrons. The van der Waals surface area contributed by atoms with Gasteiger partial charge in [-0.25, -0.2) is 4.79 Å². The third-order valence-electron chi connectivity index (χ3n) is 2.96. The van der Waals surface area contributed by atoms with Gasteiger partial charge >= 0.3 is 5.97 Å². The first-order valence-corrected chi connectivity index (χ1v) is 6.38. The predicted molar refractivity (Wildman–Crippen MR) is 74.8 cm³/mol. The number of hydrogen-bond acceptors (Lipinski definition) is 2. The smallest absolute Gasteiger partial charge is 0.337 e. The maximum absolute atomic E-state index is 10.9. The fourth-order valence-electron chi connectivity index (χ4n) is 1.90. The monoisotopic (exact) mass is 275 g/mol. The summed E-state index contributed by atoms with van der Waals surface area (Å²) in [7, 11) is 0. The summed E-state index contributed by atoms with van der Waals surface area (Å²) in [4.78, 5) is 15.2. The summed E-state index contributed by atoms with van der Waals surface area (Å²) in [6, 6.07) is 11.1. The van der Waals surface area contributed by atoms with E-state index in [1.807, 2.05) is 24.3 Å². The molecule has 0 spiro atoms. The molecule has 2 rings (SSSR count). The molecule has 0 aliphatic rings. The molecule has 0 radical (unpaired) electrons. The van der Waals surface area contributed by atoms with Gasteiger partial charge in [0.15, 0.2) is 0 Å². The number of pyridine rings is 1. The highest BCUT2D eigenvalue weighted by Crippen LogP contribution is 2.13. The van der Waals surface area contributed by atoms with Gasteiger partial charge in [0, 0.05) is 10.7 Å². The van der Waals surface area contributed by atoms with Crippen molar-refractivity contribution in [1.29, 1.82) is 0 Å². The fourth-order valence-corrected chi connectivity index (χ4v) is 2.03. The minimum atomic E-state index is -0.936. The SMILES string of the molecule is Cc1nc(CCc2ccc(Cl)cc2)ccc1C(=O)O. The maximum Gasteiger partial charge on any atom is 0.337 e. The Bertz CT molecular complexity index is 594. The molecule has 0 saturated carbocycles. The van der Waals surface area contributed by atoms with Gasteiger partial charge in [-0.1, -0.05) is 23.7 Å². The minimum Gasteiger partial charge on any atom is -0.478 e. The van der Waals surface area contributed by atoms with Crippen molar-refractivity contribution in [2.24, 2.45) is 0 Å². The van der Waals surface area contributed by atoms with Gasteiger partial charge in [0.2, 0.25) is 0 Å². The summed E-state index contributed by atoms with van der Waals surface area (Å²) < 4.78 is 0. The first-order valence-electron chi connectivity index (χ1n) is 6.00. The number of nitrogens with zero attached hydrogens (tertiary/aromatic N) is 1. The molecule has 1 aromatic carbocycles. The molecule has 1 heterocycles. The Morgan fingerprint density at radius 1 is 1.16 bits per heavy atom. The Labute approximate surface area is 116 Å². The van der Waals surface area contributed by atoms with E-state index in [0.717, 1.165) is 23.6 Å². The van der Waals surface area contributed by atoms with Crippen molar-refractivity contribution in [2.75, 3.05) is 0 Å². The molecule has 0 amide bonds. The van der Waals surface area contributed by atoms with Crippen molar-refractivity contribution in [3.8, 4) is 0 Å². The molecule has 0 unspecified atom stereocenters. The molecule has 2 aromatic rings. The first-order chi connectivity index (χ1) is 9.06. The molecule has 3 nitrogen and oxygen atoms in total. The first kappa shape index (κ1) is 13.6. The average Bonchev–Trinajstić information content (AvgIpc) is 2.37. The van der Waals surface area contributed by atoms with Crippen LogP contribution in [0, 0.1) is 6.92 Å². The second-order valence-corrected chi connectivity index (χ2v) is 4.80. The average molecular weight is 276 g/mol. The van der Waals surface area contributed by atoms with Gasteiger partial charge in [-0.15, -0.1) is 0 Å². The summed E-state index contributed by atoms with van der Waals surface area (Å²) in [5.74, 6) is -0.936. The number of halogens is 1. The summed E-state index contributed by atoms with van der Waals surface area (Å²) in [6.07, 6.45) is 1.64. The number of benzene rings is 1. The number of aromatic nitrogens is 1. The van der Waals surface area contributed by atoms with Crippen LogP contribution in [-0.4, -0.2) is 16.1 Å². The molecule has 0 aliphatic carbocycles. The molecule has 0 fully saturated rings. The van der Waals surface area contributed by atoms with E-state index < -0.39 is 5.97 Å². The third-order valence-corrected chi connectivity index (χ3v) is 3.21. The topological polar surface area (TPSA) is 50.2 Å². The van der Waals surface area contributed by atoms with E-state index >= 15 is 0 Å². The van der Waals surface area contributed by atoms with E-state index in [-0.39, 0.29) is 5.56 Å². The minimum absolute atomic E-state index is 0.259. The van der Waals surface area contributed by atoms with Crippen molar-refractivity contribution in [1.82, 2.24) is 4.98 Å². The maximum atomic E-state index is 10.9. The van der Waals surface area contributed by atoms with Crippen LogP contribution in [0.15, 0.2) is 36.4 Å². The zero-order valence-corrected chi connectivity index (χ0v) is 11.3. The number of hydrogen-bond donors (Lipinski definition) is 1. The molecule has 19 heavy (non-hydrogen) atoms. The van der Waals surface area contributed by atoms with Crippen LogP contribution in [-0.2, 0) is 12.8 Å². The van der Waals surface area contributed by atoms with Crippen LogP contribution in [0.5, 0.6) is 0 Å². The Morgan fingerprint density at radius 3 is 2.42 bits per heavy atom. The lowest BCUT2D eigenvalue weighted by Crippen LogP contribution is -2.04. The van der Waals surface area contributed by atoms with Crippen LogP contribution in [0.1, 0.15) is 27.3 Å². The fraction of sp³-hybridized carbons (Fsp3) is 0.200. The number of aryl methyl sites for hydroxylation is 3. The predicted octanol–water partition coefficient (Wildman–Crippen LogP) is 3.53. The van der Waals surface area contributed by atoms with E-state index in [4.69, 9.17) is 16.7 Å². The molecule has 4 heteroatoms. The van der Waals surface area contributed by atoms with Crippen molar-refractivity contribution >= 4 is 17.6 Å². The Balaban J connectivity index is 2.06. The van der Waals surface area contributed by atoms with Gasteiger partial charge in [-0.3, -0.25) is 4.98 Å². The van der Waals surface area contributed by atoms with Crippen molar-refractivity contribution in [3.63, 3.8) is 0 Å². The quantitative estimate of drug-likeness (QED) is 0.929. The van der Waals surface area contributed by atoms with Crippen LogP contribution < -0.4 is 0 Å². The van der Waals surface area contributed by atoms with Crippen molar-refractivity contribution < 1.29 is 9.90 Å². The Hall–Kier alpha value is -1.87. The summed E-state index contributed by atoms with van der Waals surface area (Å²) >= 11 is 5.83. The van der Waals surface area contributed by atoms with Crippen LogP contribution in [0.2, 0.25) is 5.02 Å². The molecular weight excluding hydrogens is 262 g/mol. The van der Waals surface area contributed by atoms with E-state index in [9.17, 15) is 4.79 Å². The van der Waals surface area contributed by atoms with E-state index in [2.05, 4.69) is 4.98 Å². The van der Waals surface area contributed by atoms with Crippen LogP contribution in [0.4, 0.5) is 0 Å². The second-order valence-electron chi connectivity index (χ2n) is 4.37. The van der Waals surface area contributed by atoms with Crippen LogP contribution in [0.3, 0.4) is 0 Å². The number of carbonyl (C=O) groups is 1. The van der Waals surface area contributed by atoms with Gasteiger partial charge in [-0.2, -0.15) is 0 Å². The second kappa shape index (κ2) is 5.85. The number of carboxylic acids is 1. The summed E-state index contributed by atoms with van der Waals surface area (Å²) in [6.45, 7) is 1.72. The number of rotatable bonds is 4. The number of aromatic carboxylic acids is 1. The third kappa shape index (κ3) is 3.55. The van der Waals surface area contributed by atoms with Gasteiger partial charge < -0.3 is 5.11 Å². The van der Waals surface area contributed by atoms with Crippen molar-refractivity contribution in [3.05, 3.63) is 63.9 Å². The molecule has 1 aromatic heterocycles. The van der Waals surface area contributed by atoms with E-state index in [1.54, 1.807) is 19.1 Å². The van der Waals surface area contributed by atoms with Crippen LogP contribution >= 0.6 is 11.6 Å². The lowest BCUT2D eigenvalue weighted by Gasteiger charge is -2.05. The van der Waals surface area contributed by atoms with Gasteiger partial charge in [-0.05, 0) is 49.6 Å². The normalized spacial score (nSPS) is 10.4. The highest BCUT2D eigenvalue weighted by atomic mass is 35.5. The summed E-state index contributed by atoms with van der Waals surface area (Å²) in [5.41, 5.74) is 2.90. The highest BCUT2D eigenvalue weighted by molar-refractivity contribution is 6.30. The summed E-state index contributed by atoms with van der Waals surface area (Å²) in [5, 5.41) is 9.66. The Kier molecular flexibility index (Phi) is 4.17. The lowest BCUT2D eigenvalue weighted by molar-refractivity contribution is 0.0695. The zero-order valence-electron chi connectivity index (χ0n) is 10.6. The van der Waals surface area contributed by atoms with Crippen molar-refractivity contribution in [2.45, 2.75) is 19.8 Å². The molecule has 0 aliphatic heterocycles.